The number of hydrogen-bond acceptors (Lipinski definition) is 6. The van der Waals surface area contributed by atoms with Crippen molar-refractivity contribution in [1.29, 1.82) is 5.41 Å². The summed E-state index contributed by atoms with van der Waals surface area (Å²) >= 11 is 10.8. The zero-order valence-corrected chi connectivity index (χ0v) is 19.4. The van der Waals surface area contributed by atoms with Crippen molar-refractivity contribution in [3.8, 4) is 11.5 Å². The van der Waals surface area contributed by atoms with Crippen molar-refractivity contribution in [1.82, 2.24) is 5.01 Å². The average Bonchev–Trinajstić information content (AvgIpc) is 3.19. The average molecular weight is 520 g/mol. The zero-order chi connectivity index (χ0) is 22.0. The topological polar surface area (TPSA) is 87.3 Å². The summed E-state index contributed by atoms with van der Waals surface area (Å²) in [7, 11) is 1.55. The predicted molar refractivity (Wildman–Crippen MR) is 128 cm³/mol. The lowest BCUT2D eigenvalue weighted by atomic mass is 10.1. The van der Waals surface area contributed by atoms with E-state index in [4.69, 9.17) is 26.5 Å². The maximum atomic E-state index is 12.6. The molecule has 0 saturated carbocycles. The second kappa shape index (κ2) is 9.25. The van der Waals surface area contributed by atoms with Gasteiger partial charge in [0.15, 0.2) is 17.3 Å². The van der Waals surface area contributed by atoms with Crippen molar-refractivity contribution >= 4 is 67.3 Å². The van der Waals surface area contributed by atoms with Gasteiger partial charge in [0.2, 0.25) is 5.17 Å². The molecule has 0 atom stereocenters. The molecule has 4 rings (SSSR count). The number of halogens is 2. The second-order valence-corrected chi connectivity index (χ2v) is 8.51. The molecule has 31 heavy (non-hydrogen) atoms. The van der Waals surface area contributed by atoms with Crippen LogP contribution in [0.5, 0.6) is 11.5 Å². The molecule has 0 saturated heterocycles. The lowest BCUT2D eigenvalue weighted by Crippen LogP contribution is -2.35. The number of ether oxygens (including phenoxy) is 2. The quantitative estimate of drug-likeness (QED) is 0.438. The molecular weight excluding hydrogens is 504 g/mol. The van der Waals surface area contributed by atoms with E-state index >= 15 is 0 Å². The summed E-state index contributed by atoms with van der Waals surface area (Å²) in [4.78, 5) is 16.8. The monoisotopic (exact) mass is 518 g/mol. The highest BCUT2D eigenvalue weighted by Crippen LogP contribution is 2.34. The minimum Gasteiger partial charge on any atom is -0.493 e. The van der Waals surface area contributed by atoms with Crippen molar-refractivity contribution in [2.75, 3.05) is 19.0 Å². The Morgan fingerprint density at radius 3 is 2.81 bits per heavy atom. The summed E-state index contributed by atoms with van der Waals surface area (Å²) in [5, 5.41) is 16.5. The van der Waals surface area contributed by atoms with E-state index in [-0.39, 0.29) is 11.4 Å². The third-order valence-corrected chi connectivity index (χ3v) is 5.99. The maximum absolute atomic E-state index is 12.6. The van der Waals surface area contributed by atoms with Gasteiger partial charge in [-0.3, -0.25) is 10.2 Å². The minimum atomic E-state index is -0.502. The molecule has 0 aromatic heterocycles. The summed E-state index contributed by atoms with van der Waals surface area (Å²) in [6.45, 7) is 0.496. The smallest absolute Gasteiger partial charge is 0.283 e. The van der Waals surface area contributed by atoms with Crippen LogP contribution in [0.3, 0.4) is 0 Å². The van der Waals surface area contributed by atoms with Crippen molar-refractivity contribution in [3.63, 3.8) is 0 Å². The number of methoxy groups -OCH3 is 1. The molecule has 10 heteroatoms. The van der Waals surface area contributed by atoms with E-state index in [0.717, 1.165) is 5.56 Å². The summed E-state index contributed by atoms with van der Waals surface area (Å²) < 4.78 is 11.0. The number of rotatable bonds is 6. The molecule has 2 aromatic carbocycles. The molecule has 158 valence electrons. The van der Waals surface area contributed by atoms with Gasteiger partial charge in [-0.05, 0) is 41.6 Å². The fraction of sp³-hybridized carbons (Fsp3) is 0.143. The van der Waals surface area contributed by atoms with Crippen LogP contribution in [0.1, 0.15) is 11.1 Å². The number of alkyl halides is 1. The number of carbonyl (C=O) groups is 1. The van der Waals surface area contributed by atoms with Crippen LogP contribution in [-0.4, -0.2) is 46.0 Å². The third-order valence-electron chi connectivity index (χ3n) is 4.39. The Labute approximate surface area is 196 Å². The molecule has 0 radical (unpaired) electrons. The van der Waals surface area contributed by atoms with Gasteiger partial charge in [-0.1, -0.05) is 51.8 Å². The number of amides is 1. The number of nitrogens with zero attached hydrogens (tertiary/aromatic N) is 3. The molecule has 2 aliphatic heterocycles. The summed E-state index contributed by atoms with van der Waals surface area (Å²) in [6.07, 6.45) is 1.59. The minimum absolute atomic E-state index is 0.0527. The van der Waals surface area contributed by atoms with Gasteiger partial charge in [0.1, 0.15) is 5.04 Å². The lowest BCUT2D eigenvalue weighted by Gasteiger charge is -2.20. The summed E-state index contributed by atoms with van der Waals surface area (Å²) in [6, 6.07) is 12.6. The number of hydrogen-bond donors (Lipinski definition) is 1. The first-order valence-corrected chi connectivity index (χ1v) is 11.5. The highest BCUT2D eigenvalue weighted by Gasteiger charge is 2.36. The predicted octanol–water partition coefficient (Wildman–Crippen LogP) is 4.79. The van der Waals surface area contributed by atoms with E-state index in [2.05, 4.69) is 26.0 Å². The van der Waals surface area contributed by atoms with Gasteiger partial charge < -0.3 is 9.47 Å². The zero-order valence-electron chi connectivity index (χ0n) is 16.3. The van der Waals surface area contributed by atoms with Gasteiger partial charge in [-0.15, -0.1) is 0 Å². The van der Waals surface area contributed by atoms with Crippen LogP contribution in [0.15, 0.2) is 58.1 Å². The third kappa shape index (κ3) is 4.39. The van der Waals surface area contributed by atoms with E-state index < -0.39 is 5.91 Å². The van der Waals surface area contributed by atoms with Crippen molar-refractivity contribution in [2.24, 2.45) is 10.1 Å². The van der Waals surface area contributed by atoms with Crippen LogP contribution < -0.4 is 9.47 Å². The van der Waals surface area contributed by atoms with Gasteiger partial charge in [-0.2, -0.15) is 15.1 Å². The van der Waals surface area contributed by atoms with Gasteiger partial charge in [0, 0.05) is 10.9 Å². The number of fused-ring (bicyclic) bond motifs is 1. The molecule has 2 heterocycles. The van der Waals surface area contributed by atoms with Crippen LogP contribution in [0.2, 0.25) is 5.02 Å². The first kappa shape index (κ1) is 21.6. The molecule has 7 nitrogen and oxygen atoms in total. The van der Waals surface area contributed by atoms with Crippen molar-refractivity contribution in [2.45, 2.75) is 0 Å². The lowest BCUT2D eigenvalue weighted by molar-refractivity contribution is -0.114. The molecule has 1 N–H and O–H groups in total. The largest absolute Gasteiger partial charge is 0.493 e. The Morgan fingerprint density at radius 1 is 1.26 bits per heavy atom. The molecular formula is C21H16BrClN4O3S. The van der Waals surface area contributed by atoms with E-state index in [9.17, 15) is 4.79 Å². The number of benzene rings is 2. The fourth-order valence-electron chi connectivity index (χ4n) is 2.94. The van der Waals surface area contributed by atoms with E-state index in [1.165, 1.54) is 16.8 Å². The second-order valence-electron chi connectivity index (χ2n) is 6.35. The molecule has 0 fully saturated rings. The van der Waals surface area contributed by atoms with Gasteiger partial charge in [0.05, 0.1) is 24.3 Å². The summed E-state index contributed by atoms with van der Waals surface area (Å²) in [5.41, 5.74) is 1.53. The van der Waals surface area contributed by atoms with Crippen molar-refractivity contribution in [3.05, 3.63) is 64.2 Å². The van der Waals surface area contributed by atoms with Gasteiger partial charge in [0.25, 0.3) is 5.91 Å². The van der Waals surface area contributed by atoms with E-state index in [1.807, 2.05) is 18.2 Å². The molecule has 2 aliphatic rings. The van der Waals surface area contributed by atoms with Crippen molar-refractivity contribution < 1.29 is 14.3 Å². The maximum Gasteiger partial charge on any atom is 0.283 e. The number of amidine groups is 2. The Hall–Kier alpha value is -2.62. The Bertz CT molecular complexity index is 1170. The standard InChI is InChI=1S/C21H16BrClN4O3S/c1-29-17-11-12(6-7-16(17)30-9-8-22)10-14-18(24)27-21(25-19(14)28)31-20(26-27)13-4-2-3-5-15(13)23/h2-7,10-11,24H,8-9H2,1H3/b14-10-,24-18?. The van der Waals surface area contributed by atoms with E-state index in [0.29, 0.717) is 44.2 Å². The number of carbonyl (C=O) groups excluding carboxylic acids is 1. The Morgan fingerprint density at radius 2 is 2.06 bits per heavy atom. The number of hydrazone groups is 1. The van der Waals surface area contributed by atoms with E-state index in [1.54, 1.807) is 37.5 Å². The summed E-state index contributed by atoms with van der Waals surface area (Å²) in [5.74, 6) is 0.575. The Kier molecular flexibility index (Phi) is 6.45. The van der Waals surface area contributed by atoms with Crippen LogP contribution in [0.25, 0.3) is 6.08 Å². The SMILES string of the molecule is COc1cc(/C=C2/C(=N)N3N=C(c4ccccc4Cl)SC3=NC2=O)ccc1OCCBr. The number of nitrogens with one attached hydrogen (secondary N) is 1. The first-order valence-electron chi connectivity index (χ1n) is 9.13. The molecule has 0 aliphatic carbocycles. The fourth-order valence-corrected chi connectivity index (χ4v) is 4.32. The number of thioether (sulfide) groups is 1. The highest BCUT2D eigenvalue weighted by atomic mass is 79.9. The van der Waals surface area contributed by atoms with Crippen LogP contribution >= 0.6 is 39.3 Å². The van der Waals surface area contributed by atoms with Crippen LogP contribution in [0.4, 0.5) is 0 Å². The molecule has 0 bridgehead atoms. The number of aliphatic imine (C=N–C) groups is 1. The van der Waals surface area contributed by atoms with Gasteiger partial charge >= 0.3 is 0 Å². The molecule has 0 unspecified atom stereocenters. The van der Waals surface area contributed by atoms with Crippen LogP contribution in [0, 0.1) is 5.41 Å². The molecule has 1 amide bonds. The van der Waals surface area contributed by atoms with Gasteiger partial charge in [-0.25, -0.2) is 0 Å². The van der Waals surface area contributed by atoms with Crippen LogP contribution in [-0.2, 0) is 4.79 Å². The Balaban J connectivity index is 1.64. The highest BCUT2D eigenvalue weighted by molar-refractivity contribution is 9.09. The molecule has 0 spiro atoms. The normalized spacial score (nSPS) is 16.9. The molecule has 2 aromatic rings. The first-order chi connectivity index (χ1) is 15.0.